The van der Waals surface area contributed by atoms with E-state index in [1.807, 2.05) is 4.90 Å². The zero-order valence-electron chi connectivity index (χ0n) is 16.6. The second-order valence-corrected chi connectivity index (χ2v) is 9.79. The van der Waals surface area contributed by atoms with Crippen LogP contribution in [0.1, 0.15) is 62.2 Å². The van der Waals surface area contributed by atoms with Crippen molar-refractivity contribution in [3.63, 3.8) is 0 Å². The van der Waals surface area contributed by atoms with Crippen LogP contribution < -0.4 is 0 Å². The van der Waals surface area contributed by atoms with Crippen LogP contribution >= 0.6 is 0 Å². The van der Waals surface area contributed by atoms with Crippen molar-refractivity contribution >= 4 is 21.7 Å². The lowest BCUT2D eigenvalue weighted by atomic mass is 9.95. The predicted molar refractivity (Wildman–Crippen MR) is 108 cm³/mol. The van der Waals surface area contributed by atoms with Crippen LogP contribution in [0.5, 0.6) is 0 Å². The fraction of sp³-hybridized carbons (Fsp3) is 0.619. The van der Waals surface area contributed by atoms with Crippen LogP contribution in [0.4, 0.5) is 0 Å². The van der Waals surface area contributed by atoms with Gasteiger partial charge in [0.25, 0.3) is 0 Å². The first-order valence-corrected chi connectivity index (χ1v) is 11.7. The van der Waals surface area contributed by atoms with Gasteiger partial charge in [-0.25, -0.2) is 8.42 Å². The van der Waals surface area contributed by atoms with E-state index in [1.54, 1.807) is 12.1 Å². The lowest BCUT2D eigenvalue weighted by Crippen LogP contribution is -2.45. The number of benzene rings is 1. The van der Waals surface area contributed by atoms with Gasteiger partial charge >= 0.3 is 0 Å². The quantitative estimate of drug-likeness (QED) is 0.720. The molecule has 28 heavy (non-hydrogen) atoms. The number of carbonyl (C=O) groups is 2. The smallest absolute Gasteiger partial charge is 0.243 e. The number of nitrogens with zero attached hydrogens (tertiary/aromatic N) is 2. The highest BCUT2D eigenvalue weighted by Crippen LogP contribution is 2.26. The third-order valence-corrected chi connectivity index (χ3v) is 7.74. The van der Waals surface area contributed by atoms with Gasteiger partial charge in [-0.05, 0) is 44.7 Å². The summed E-state index contributed by atoms with van der Waals surface area (Å²) in [4.78, 5) is 26.6. The highest BCUT2D eigenvalue weighted by atomic mass is 32.2. The fourth-order valence-electron chi connectivity index (χ4n) is 4.09. The van der Waals surface area contributed by atoms with Crippen LogP contribution in [0.15, 0.2) is 29.2 Å². The minimum Gasteiger partial charge on any atom is -0.342 e. The Morgan fingerprint density at radius 2 is 1.54 bits per heavy atom. The Kier molecular flexibility index (Phi) is 6.88. The largest absolute Gasteiger partial charge is 0.342 e. The first kappa shape index (κ1) is 21.0. The summed E-state index contributed by atoms with van der Waals surface area (Å²) < 4.78 is 27.3. The van der Waals surface area contributed by atoms with Gasteiger partial charge < -0.3 is 4.90 Å². The van der Waals surface area contributed by atoms with Gasteiger partial charge in [-0.2, -0.15) is 4.31 Å². The number of amides is 1. The molecule has 1 amide bonds. The lowest BCUT2D eigenvalue weighted by molar-refractivity contribution is -0.137. The van der Waals surface area contributed by atoms with Crippen molar-refractivity contribution in [2.75, 3.05) is 26.2 Å². The topological polar surface area (TPSA) is 74.8 Å². The summed E-state index contributed by atoms with van der Waals surface area (Å²) in [7, 11) is -3.65. The minimum atomic E-state index is -3.65. The van der Waals surface area contributed by atoms with E-state index in [1.165, 1.54) is 42.6 Å². The van der Waals surface area contributed by atoms with Crippen LogP contribution in [0.3, 0.4) is 0 Å². The highest BCUT2D eigenvalue weighted by molar-refractivity contribution is 7.89. The molecule has 0 aromatic heterocycles. The van der Waals surface area contributed by atoms with Gasteiger partial charge in [-0.1, -0.05) is 31.4 Å². The average Bonchev–Trinajstić information content (AvgIpc) is 2.67. The Hall–Kier alpha value is -1.73. The van der Waals surface area contributed by atoms with Gasteiger partial charge in [-0.3, -0.25) is 9.59 Å². The summed E-state index contributed by atoms with van der Waals surface area (Å²) in [5.41, 5.74) is 0.392. The van der Waals surface area contributed by atoms with Gasteiger partial charge in [0.2, 0.25) is 15.9 Å². The Bertz CT molecular complexity index is 805. The molecule has 0 saturated carbocycles. The molecule has 2 fully saturated rings. The summed E-state index contributed by atoms with van der Waals surface area (Å²) in [6.07, 6.45) is 6.85. The van der Waals surface area contributed by atoms with Gasteiger partial charge in [0.1, 0.15) is 0 Å². The number of likely N-dealkylation sites (tertiary alicyclic amines) is 1. The Labute approximate surface area is 167 Å². The van der Waals surface area contributed by atoms with Crippen molar-refractivity contribution in [3.05, 3.63) is 29.8 Å². The molecule has 0 aliphatic carbocycles. The maximum Gasteiger partial charge on any atom is 0.243 e. The number of hydrogen-bond donors (Lipinski definition) is 0. The number of ketones is 1. The molecule has 0 N–H and O–H groups in total. The monoisotopic (exact) mass is 406 g/mol. The van der Waals surface area contributed by atoms with E-state index in [0.29, 0.717) is 31.5 Å². The molecule has 7 heteroatoms. The molecule has 1 aromatic rings. The second kappa shape index (κ2) is 9.18. The zero-order chi connectivity index (χ0) is 20.1. The number of carbonyl (C=O) groups excluding carboxylic acids is 2. The molecule has 2 aliphatic heterocycles. The SMILES string of the molecule is CC(=O)c1cccc(S(=O)(=O)N2CCC(C(=O)N3CCCCCCC3)CC2)c1. The molecule has 0 unspecified atom stereocenters. The summed E-state index contributed by atoms with van der Waals surface area (Å²) in [6.45, 7) is 3.77. The molecule has 0 spiro atoms. The van der Waals surface area contributed by atoms with Crippen LogP contribution in [-0.4, -0.2) is 55.5 Å². The first-order chi connectivity index (χ1) is 13.4. The molecule has 0 bridgehead atoms. The summed E-state index contributed by atoms with van der Waals surface area (Å²) in [5.74, 6) is -0.0541. The van der Waals surface area contributed by atoms with Gasteiger partial charge in [-0.15, -0.1) is 0 Å². The van der Waals surface area contributed by atoms with Crippen molar-refractivity contribution in [1.29, 1.82) is 0 Å². The normalized spacial score (nSPS) is 20.4. The van der Waals surface area contributed by atoms with E-state index >= 15 is 0 Å². The third-order valence-electron chi connectivity index (χ3n) is 5.85. The van der Waals surface area contributed by atoms with Crippen LogP contribution in [-0.2, 0) is 14.8 Å². The van der Waals surface area contributed by atoms with Crippen molar-refractivity contribution < 1.29 is 18.0 Å². The van der Waals surface area contributed by atoms with E-state index in [2.05, 4.69) is 0 Å². The van der Waals surface area contributed by atoms with Crippen LogP contribution in [0.25, 0.3) is 0 Å². The van der Waals surface area contributed by atoms with E-state index in [0.717, 1.165) is 25.9 Å². The summed E-state index contributed by atoms with van der Waals surface area (Å²) in [5, 5.41) is 0. The molecule has 6 nitrogen and oxygen atoms in total. The maximum atomic E-state index is 12.9. The Morgan fingerprint density at radius 1 is 0.929 bits per heavy atom. The van der Waals surface area contributed by atoms with E-state index in [-0.39, 0.29) is 22.5 Å². The molecule has 0 atom stereocenters. The Morgan fingerprint density at radius 3 is 2.14 bits per heavy atom. The highest BCUT2D eigenvalue weighted by Gasteiger charge is 2.34. The van der Waals surface area contributed by atoms with Gasteiger partial charge in [0, 0.05) is 37.7 Å². The summed E-state index contributed by atoms with van der Waals surface area (Å²) in [6, 6.07) is 6.19. The number of rotatable bonds is 4. The molecule has 0 radical (unpaired) electrons. The van der Waals surface area contributed by atoms with Crippen LogP contribution in [0, 0.1) is 5.92 Å². The molecular formula is C21H30N2O4S. The molecule has 2 aliphatic rings. The second-order valence-electron chi connectivity index (χ2n) is 7.86. The van der Waals surface area contributed by atoms with E-state index in [4.69, 9.17) is 0 Å². The summed E-state index contributed by atoms with van der Waals surface area (Å²) >= 11 is 0. The van der Waals surface area contributed by atoms with E-state index in [9.17, 15) is 18.0 Å². The molecular weight excluding hydrogens is 376 g/mol. The third kappa shape index (κ3) is 4.81. The molecule has 1 aromatic carbocycles. The maximum absolute atomic E-state index is 12.9. The van der Waals surface area contributed by atoms with Crippen molar-refractivity contribution in [2.24, 2.45) is 5.92 Å². The number of piperidine rings is 1. The number of sulfonamides is 1. The minimum absolute atomic E-state index is 0.0885. The molecule has 3 rings (SSSR count). The van der Waals surface area contributed by atoms with Crippen molar-refractivity contribution in [3.8, 4) is 0 Å². The number of hydrogen-bond acceptors (Lipinski definition) is 4. The standard InChI is InChI=1S/C21H30N2O4S/c1-17(24)19-8-7-9-20(16-19)28(26,27)23-14-10-18(11-15-23)21(25)22-12-5-3-2-4-6-13-22/h7-9,16,18H,2-6,10-15H2,1H3. The van der Waals surface area contributed by atoms with E-state index < -0.39 is 10.0 Å². The lowest BCUT2D eigenvalue weighted by Gasteiger charge is -2.34. The Balaban J connectivity index is 1.63. The van der Waals surface area contributed by atoms with Gasteiger partial charge in [0.15, 0.2) is 5.78 Å². The fourth-order valence-corrected chi connectivity index (χ4v) is 5.61. The van der Waals surface area contributed by atoms with Crippen molar-refractivity contribution in [2.45, 2.75) is 56.8 Å². The zero-order valence-corrected chi connectivity index (χ0v) is 17.4. The predicted octanol–water partition coefficient (Wildman–Crippen LogP) is 3.08. The van der Waals surface area contributed by atoms with Crippen molar-refractivity contribution in [1.82, 2.24) is 9.21 Å². The van der Waals surface area contributed by atoms with Crippen LogP contribution in [0.2, 0.25) is 0 Å². The molecule has 2 heterocycles. The van der Waals surface area contributed by atoms with Gasteiger partial charge in [0.05, 0.1) is 4.90 Å². The average molecular weight is 407 g/mol. The number of Topliss-reactive ketones (excluding diaryl/α,β-unsaturated/α-hetero) is 1. The molecule has 154 valence electrons. The molecule has 2 saturated heterocycles. The first-order valence-electron chi connectivity index (χ1n) is 10.3.